The van der Waals surface area contributed by atoms with Gasteiger partial charge in [0.15, 0.2) is 11.5 Å². The quantitative estimate of drug-likeness (QED) is 0.229. The number of fused-ring (bicyclic) bond motifs is 2. The molecule has 2 N–H and O–H groups in total. The van der Waals surface area contributed by atoms with Gasteiger partial charge in [0.2, 0.25) is 12.7 Å². The summed E-state index contributed by atoms with van der Waals surface area (Å²) in [6, 6.07) is 17.0. The lowest BCUT2D eigenvalue weighted by atomic mass is 9.99. The largest absolute Gasteiger partial charge is 0.454 e. The van der Waals surface area contributed by atoms with Crippen molar-refractivity contribution in [1.82, 2.24) is 4.90 Å². The molecule has 3 aromatic carbocycles. The first-order valence-corrected chi connectivity index (χ1v) is 12.8. The summed E-state index contributed by atoms with van der Waals surface area (Å²) in [7, 11) is 3.99. The molecule has 11 nitrogen and oxygen atoms in total. The van der Waals surface area contributed by atoms with Crippen LogP contribution in [0.1, 0.15) is 24.5 Å². The van der Waals surface area contributed by atoms with Crippen molar-refractivity contribution in [3.8, 4) is 11.5 Å². The molecule has 0 unspecified atom stereocenters. The van der Waals surface area contributed by atoms with E-state index < -0.39 is 10.8 Å². The van der Waals surface area contributed by atoms with Crippen LogP contribution in [0.15, 0.2) is 60.7 Å². The number of amides is 2. The van der Waals surface area contributed by atoms with E-state index in [2.05, 4.69) is 15.5 Å². The van der Waals surface area contributed by atoms with Crippen LogP contribution in [0.3, 0.4) is 0 Å². The van der Waals surface area contributed by atoms with Gasteiger partial charge in [0.05, 0.1) is 21.9 Å². The number of anilines is 3. The first-order chi connectivity index (χ1) is 19.2. The third-order valence-electron chi connectivity index (χ3n) is 6.69. The summed E-state index contributed by atoms with van der Waals surface area (Å²) in [6.07, 6.45) is 0.833. The minimum Gasteiger partial charge on any atom is -0.454 e. The fraction of sp³-hybridized carbons (Fsp3) is 0.241. The van der Waals surface area contributed by atoms with Crippen molar-refractivity contribution in [3.63, 3.8) is 0 Å². The van der Waals surface area contributed by atoms with Crippen LogP contribution in [-0.4, -0.2) is 55.6 Å². The number of hydrogen-bond acceptors (Lipinski definition) is 8. The zero-order valence-corrected chi connectivity index (χ0v) is 22.4. The van der Waals surface area contributed by atoms with Crippen molar-refractivity contribution >= 4 is 45.8 Å². The number of nitrogens with one attached hydrogen (secondary N) is 2. The Morgan fingerprint density at radius 3 is 2.48 bits per heavy atom. The lowest BCUT2D eigenvalue weighted by Gasteiger charge is -2.23. The lowest BCUT2D eigenvalue weighted by Crippen LogP contribution is -2.31. The van der Waals surface area contributed by atoms with Crippen LogP contribution >= 0.6 is 0 Å². The van der Waals surface area contributed by atoms with Gasteiger partial charge in [-0.05, 0) is 75.6 Å². The number of carbonyl (C=O) groups is 2. The van der Waals surface area contributed by atoms with Gasteiger partial charge < -0.3 is 29.9 Å². The molecule has 0 atom stereocenters. The summed E-state index contributed by atoms with van der Waals surface area (Å²) in [5, 5.41) is 17.4. The van der Waals surface area contributed by atoms with Gasteiger partial charge in [-0.25, -0.2) is 0 Å². The van der Waals surface area contributed by atoms with Crippen molar-refractivity contribution in [2.45, 2.75) is 13.3 Å². The highest BCUT2D eigenvalue weighted by Crippen LogP contribution is 2.41. The average Bonchev–Trinajstić information content (AvgIpc) is 3.52. The van der Waals surface area contributed by atoms with E-state index in [9.17, 15) is 19.7 Å². The predicted octanol–water partition coefficient (Wildman–Crippen LogP) is 4.56. The molecule has 11 heteroatoms. The minimum atomic E-state index is -0.502. The van der Waals surface area contributed by atoms with Crippen LogP contribution in [0.4, 0.5) is 22.7 Å². The van der Waals surface area contributed by atoms with Gasteiger partial charge >= 0.3 is 0 Å². The molecule has 0 spiro atoms. The number of ether oxygens (including phenoxy) is 2. The van der Waals surface area contributed by atoms with E-state index in [0.717, 1.165) is 18.7 Å². The summed E-state index contributed by atoms with van der Waals surface area (Å²) in [4.78, 5) is 40.2. The number of benzene rings is 3. The summed E-state index contributed by atoms with van der Waals surface area (Å²) in [6.45, 7) is 3.11. The molecule has 0 bridgehead atoms. The van der Waals surface area contributed by atoms with Crippen LogP contribution in [0.25, 0.3) is 11.3 Å². The second-order valence-electron chi connectivity index (χ2n) is 9.76. The molecule has 2 heterocycles. The van der Waals surface area contributed by atoms with E-state index in [4.69, 9.17) is 9.47 Å². The normalized spacial score (nSPS) is 14.6. The maximum absolute atomic E-state index is 13.2. The van der Waals surface area contributed by atoms with E-state index in [-0.39, 0.29) is 18.4 Å². The Labute approximate surface area is 231 Å². The molecule has 2 aliphatic rings. The van der Waals surface area contributed by atoms with Crippen LogP contribution in [-0.2, 0) is 9.59 Å². The standard InChI is InChI=1S/C29H29N5O6/c1-18(35)33(14-4-13-32(2)3)21-8-6-20(7-9-21)30-28(19-5-12-25-26(15-19)40-17-39-25)27-23-11-10-22(34(37)38)16-24(23)31-29(27)36/h5-12,15-16,30H,4,13-14,17H2,1-3H3,(H,31,36). The Balaban J connectivity index is 1.52. The summed E-state index contributed by atoms with van der Waals surface area (Å²) < 4.78 is 11.0. The maximum Gasteiger partial charge on any atom is 0.271 e. The van der Waals surface area contributed by atoms with Gasteiger partial charge in [0, 0.05) is 48.1 Å². The first kappa shape index (κ1) is 26.7. The van der Waals surface area contributed by atoms with E-state index >= 15 is 0 Å². The second kappa shape index (κ2) is 11.1. The summed E-state index contributed by atoms with van der Waals surface area (Å²) >= 11 is 0. The fourth-order valence-corrected chi connectivity index (χ4v) is 4.74. The van der Waals surface area contributed by atoms with Crippen molar-refractivity contribution in [2.24, 2.45) is 0 Å². The zero-order chi connectivity index (χ0) is 28.4. The summed E-state index contributed by atoms with van der Waals surface area (Å²) in [5.74, 6) is 0.708. The monoisotopic (exact) mass is 543 g/mol. The molecule has 0 fully saturated rings. The minimum absolute atomic E-state index is 0.0454. The Hall–Kier alpha value is -4.90. The molecule has 2 amide bonds. The molecule has 0 aliphatic carbocycles. The SMILES string of the molecule is CC(=O)N(CCCN(C)C)c1ccc(NC(=C2C(=O)Nc3cc([N+](=O)[O-])ccc32)c2ccc3c(c2)OCO3)cc1. The van der Waals surface area contributed by atoms with E-state index in [1.54, 1.807) is 30.0 Å². The topological polar surface area (TPSA) is 126 Å². The lowest BCUT2D eigenvalue weighted by molar-refractivity contribution is -0.384. The molecule has 5 rings (SSSR count). The third kappa shape index (κ3) is 5.45. The molecule has 0 saturated carbocycles. The molecular formula is C29H29N5O6. The number of hydrogen-bond donors (Lipinski definition) is 2. The molecule has 40 heavy (non-hydrogen) atoms. The van der Waals surface area contributed by atoms with Gasteiger partial charge in [-0.3, -0.25) is 19.7 Å². The number of rotatable bonds is 9. The van der Waals surface area contributed by atoms with Crippen LogP contribution in [0.2, 0.25) is 0 Å². The molecule has 0 saturated heterocycles. The van der Waals surface area contributed by atoms with E-state index in [1.807, 2.05) is 44.4 Å². The molecule has 206 valence electrons. The summed E-state index contributed by atoms with van der Waals surface area (Å²) in [5.41, 5.74) is 3.73. The van der Waals surface area contributed by atoms with E-state index in [0.29, 0.717) is 51.8 Å². The molecular weight excluding hydrogens is 514 g/mol. The zero-order valence-electron chi connectivity index (χ0n) is 22.4. The van der Waals surface area contributed by atoms with Crippen LogP contribution in [0.5, 0.6) is 11.5 Å². The first-order valence-electron chi connectivity index (χ1n) is 12.8. The fourth-order valence-electron chi connectivity index (χ4n) is 4.74. The highest BCUT2D eigenvalue weighted by atomic mass is 16.7. The van der Waals surface area contributed by atoms with Crippen LogP contribution in [0, 0.1) is 10.1 Å². The maximum atomic E-state index is 13.2. The number of nitro benzene ring substituents is 1. The van der Waals surface area contributed by atoms with Gasteiger partial charge in [-0.2, -0.15) is 0 Å². The number of nitrogens with zero attached hydrogens (tertiary/aromatic N) is 3. The van der Waals surface area contributed by atoms with Crippen molar-refractivity contribution in [1.29, 1.82) is 0 Å². The number of carbonyl (C=O) groups excluding carboxylic acids is 2. The number of nitro groups is 1. The number of non-ortho nitro benzene ring substituents is 1. The van der Waals surface area contributed by atoms with Crippen molar-refractivity contribution in [3.05, 3.63) is 81.9 Å². The van der Waals surface area contributed by atoms with E-state index in [1.165, 1.54) is 12.1 Å². The van der Waals surface area contributed by atoms with Gasteiger partial charge in [0.25, 0.3) is 11.6 Å². The highest BCUT2D eigenvalue weighted by molar-refractivity contribution is 6.37. The van der Waals surface area contributed by atoms with Gasteiger partial charge in [0.1, 0.15) is 0 Å². The molecule has 0 aromatic heterocycles. The Morgan fingerprint density at radius 1 is 1.02 bits per heavy atom. The van der Waals surface area contributed by atoms with Gasteiger partial charge in [-0.1, -0.05) is 0 Å². The van der Waals surface area contributed by atoms with Crippen molar-refractivity contribution in [2.75, 3.05) is 49.5 Å². The molecule has 0 radical (unpaired) electrons. The second-order valence-corrected chi connectivity index (χ2v) is 9.76. The van der Waals surface area contributed by atoms with Crippen molar-refractivity contribution < 1.29 is 24.0 Å². The van der Waals surface area contributed by atoms with Gasteiger partial charge in [-0.15, -0.1) is 0 Å². The molecule has 3 aromatic rings. The smallest absolute Gasteiger partial charge is 0.271 e. The van der Waals surface area contributed by atoms with Crippen LogP contribution < -0.4 is 25.0 Å². The highest BCUT2D eigenvalue weighted by Gasteiger charge is 2.30. The Kier molecular flexibility index (Phi) is 7.39. The Morgan fingerprint density at radius 2 is 1.77 bits per heavy atom. The predicted molar refractivity (Wildman–Crippen MR) is 152 cm³/mol. The Bertz CT molecular complexity index is 1520. The molecule has 2 aliphatic heterocycles. The third-order valence-corrected chi connectivity index (χ3v) is 6.69. The average molecular weight is 544 g/mol.